The van der Waals surface area contributed by atoms with E-state index in [0.717, 1.165) is 19.8 Å². The number of nitrogens with one attached hydrogen (secondary N) is 1. The fourth-order valence-electron chi connectivity index (χ4n) is 3.27. The van der Waals surface area contributed by atoms with E-state index in [1.807, 2.05) is 0 Å². The number of hydrogen-bond acceptors (Lipinski definition) is 4. The van der Waals surface area contributed by atoms with Crippen molar-refractivity contribution < 1.29 is 4.74 Å². The van der Waals surface area contributed by atoms with Crippen molar-refractivity contribution in [3.8, 4) is 0 Å². The van der Waals surface area contributed by atoms with Gasteiger partial charge >= 0.3 is 0 Å². The first-order valence-electron chi connectivity index (χ1n) is 7.64. The molecule has 2 rings (SSSR count). The summed E-state index contributed by atoms with van der Waals surface area (Å²) in [6, 6.07) is 0. The van der Waals surface area contributed by atoms with Crippen molar-refractivity contribution in [1.82, 2.24) is 10.2 Å². The Bertz CT molecular complexity index is 272. The topological polar surface area (TPSA) is 24.5 Å². The van der Waals surface area contributed by atoms with Gasteiger partial charge in [-0.15, -0.1) is 0 Å². The van der Waals surface area contributed by atoms with Gasteiger partial charge in [0.05, 0.1) is 0 Å². The largest absolute Gasteiger partial charge is 0.381 e. The van der Waals surface area contributed by atoms with Crippen LogP contribution in [0.2, 0.25) is 0 Å². The number of hydrogen-bond donors (Lipinski definition) is 1. The van der Waals surface area contributed by atoms with E-state index in [1.165, 1.54) is 44.6 Å². The molecule has 112 valence electrons. The average Bonchev–Trinajstić information content (AvgIpc) is 2.52. The van der Waals surface area contributed by atoms with Crippen LogP contribution >= 0.6 is 11.8 Å². The van der Waals surface area contributed by atoms with E-state index in [4.69, 9.17) is 4.74 Å². The van der Waals surface area contributed by atoms with Gasteiger partial charge in [-0.05, 0) is 38.3 Å². The molecule has 0 aromatic carbocycles. The molecule has 0 amide bonds. The maximum absolute atomic E-state index is 5.57. The van der Waals surface area contributed by atoms with Gasteiger partial charge in [0.15, 0.2) is 0 Å². The molecule has 0 atom stereocenters. The summed E-state index contributed by atoms with van der Waals surface area (Å²) in [4.78, 5) is 2.70. The van der Waals surface area contributed by atoms with Crippen molar-refractivity contribution in [2.75, 3.05) is 52.2 Å². The molecular weight excluding hydrogens is 256 g/mol. The normalized spacial score (nSPS) is 27.9. The van der Waals surface area contributed by atoms with Crippen LogP contribution in [0.5, 0.6) is 0 Å². The van der Waals surface area contributed by atoms with E-state index < -0.39 is 0 Å². The quantitative estimate of drug-likeness (QED) is 0.856. The molecule has 1 N–H and O–H groups in total. The Morgan fingerprint density at radius 2 is 1.89 bits per heavy atom. The summed E-state index contributed by atoms with van der Waals surface area (Å²) in [5.74, 6) is 1.28. The minimum Gasteiger partial charge on any atom is -0.381 e. The van der Waals surface area contributed by atoms with E-state index in [0.29, 0.717) is 10.2 Å². The number of thioether (sulfide) groups is 1. The smallest absolute Gasteiger partial charge is 0.0472 e. The SMILES string of the molecule is CNCC1(CN2CCSC(C)(C)CC2)CCOCC1. The van der Waals surface area contributed by atoms with Crippen LogP contribution in [0.4, 0.5) is 0 Å². The first-order chi connectivity index (χ1) is 9.05. The van der Waals surface area contributed by atoms with Crippen LogP contribution in [-0.2, 0) is 4.74 Å². The zero-order chi connectivity index (χ0) is 13.8. The van der Waals surface area contributed by atoms with Crippen molar-refractivity contribution in [1.29, 1.82) is 0 Å². The van der Waals surface area contributed by atoms with Crippen LogP contribution in [-0.4, -0.2) is 61.8 Å². The van der Waals surface area contributed by atoms with Crippen LogP contribution in [0.1, 0.15) is 33.1 Å². The van der Waals surface area contributed by atoms with E-state index in [-0.39, 0.29) is 0 Å². The Kier molecular flexibility index (Phi) is 5.58. The lowest BCUT2D eigenvalue weighted by atomic mass is 9.79. The zero-order valence-corrected chi connectivity index (χ0v) is 13.7. The molecule has 19 heavy (non-hydrogen) atoms. The fraction of sp³-hybridized carbons (Fsp3) is 1.00. The second-order valence-corrected chi connectivity index (χ2v) is 8.58. The number of nitrogens with zero attached hydrogens (tertiary/aromatic N) is 1. The van der Waals surface area contributed by atoms with Crippen molar-refractivity contribution in [3.05, 3.63) is 0 Å². The standard InChI is InChI=1S/C15H30N2OS/c1-14(2)4-7-17(8-11-19-14)13-15(12-16-3)5-9-18-10-6-15/h16H,4-13H2,1-3H3. The molecule has 0 unspecified atom stereocenters. The average molecular weight is 286 g/mol. The summed E-state index contributed by atoms with van der Waals surface area (Å²) in [6.07, 6.45) is 3.73. The molecule has 2 saturated heterocycles. The summed E-state index contributed by atoms with van der Waals surface area (Å²) in [6.45, 7) is 11.5. The Morgan fingerprint density at radius 3 is 2.58 bits per heavy atom. The lowest BCUT2D eigenvalue weighted by Crippen LogP contribution is -2.47. The summed E-state index contributed by atoms with van der Waals surface area (Å²) >= 11 is 2.14. The van der Waals surface area contributed by atoms with E-state index in [9.17, 15) is 0 Å². The summed E-state index contributed by atoms with van der Waals surface area (Å²) < 4.78 is 6.03. The highest BCUT2D eigenvalue weighted by Gasteiger charge is 2.35. The number of ether oxygens (including phenoxy) is 1. The maximum Gasteiger partial charge on any atom is 0.0472 e. The summed E-state index contributed by atoms with van der Waals surface area (Å²) in [5.41, 5.74) is 0.437. The molecule has 4 heteroatoms. The minimum absolute atomic E-state index is 0.437. The Morgan fingerprint density at radius 1 is 1.16 bits per heavy atom. The van der Waals surface area contributed by atoms with Crippen LogP contribution in [0.25, 0.3) is 0 Å². The Balaban J connectivity index is 1.93. The van der Waals surface area contributed by atoms with Gasteiger partial charge in [0.2, 0.25) is 0 Å². The molecular formula is C15H30N2OS. The van der Waals surface area contributed by atoms with Crippen LogP contribution in [0, 0.1) is 5.41 Å². The fourth-order valence-corrected chi connectivity index (χ4v) is 4.40. The third-order valence-corrected chi connectivity index (χ3v) is 5.97. The molecule has 0 aromatic rings. The van der Waals surface area contributed by atoms with Gasteiger partial charge in [-0.1, -0.05) is 13.8 Å². The van der Waals surface area contributed by atoms with Gasteiger partial charge in [0.25, 0.3) is 0 Å². The summed E-state index contributed by atoms with van der Waals surface area (Å²) in [7, 11) is 2.08. The Labute approximate surface area is 122 Å². The molecule has 3 nitrogen and oxygen atoms in total. The van der Waals surface area contributed by atoms with Crippen LogP contribution < -0.4 is 5.32 Å². The van der Waals surface area contributed by atoms with Gasteiger partial charge in [0, 0.05) is 43.3 Å². The molecule has 0 saturated carbocycles. The Hall–Kier alpha value is 0.230. The third-order valence-electron chi connectivity index (χ3n) is 4.59. The highest BCUT2D eigenvalue weighted by Crippen LogP contribution is 2.34. The van der Waals surface area contributed by atoms with Crippen molar-refractivity contribution >= 4 is 11.8 Å². The highest BCUT2D eigenvalue weighted by atomic mass is 32.2. The van der Waals surface area contributed by atoms with E-state index in [1.54, 1.807) is 0 Å². The van der Waals surface area contributed by atoms with Crippen molar-refractivity contribution in [2.24, 2.45) is 5.41 Å². The van der Waals surface area contributed by atoms with Gasteiger partial charge in [0.1, 0.15) is 0 Å². The second-order valence-electron chi connectivity index (χ2n) is 6.78. The molecule has 2 fully saturated rings. The molecule has 0 radical (unpaired) electrons. The van der Waals surface area contributed by atoms with Crippen LogP contribution in [0.15, 0.2) is 0 Å². The second kappa shape index (κ2) is 6.79. The zero-order valence-electron chi connectivity index (χ0n) is 12.8. The molecule has 2 aliphatic heterocycles. The maximum atomic E-state index is 5.57. The first kappa shape index (κ1) is 15.6. The highest BCUT2D eigenvalue weighted by molar-refractivity contribution is 8.00. The lowest BCUT2D eigenvalue weighted by molar-refractivity contribution is -0.00272. The number of rotatable bonds is 4. The first-order valence-corrected chi connectivity index (χ1v) is 8.63. The van der Waals surface area contributed by atoms with Gasteiger partial charge in [-0.3, -0.25) is 0 Å². The monoisotopic (exact) mass is 286 g/mol. The van der Waals surface area contributed by atoms with Gasteiger partial charge < -0.3 is 15.0 Å². The van der Waals surface area contributed by atoms with E-state index in [2.05, 4.69) is 42.9 Å². The molecule has 0 aromatic heterocycles. The minimum atomic E-state index is 0.437. The van der Waals surface area contributed by atoms with E-state index >= 15 is 0 Å². The molecule has 2 heterocycles. The van der Waals surface area contributed by atoms with Crippen molar-refractivity contribution in [3.63, 3.8) is 0 Å². The lowest BCUT2D eigenvalue weighted by Gasteiger charge is -2.41. The molecule has 2 aliphatic rings. The molecule has 0 spiro atoms. The summed E-state index contributed by atoms with van der Waals surface area (Å²) in [5, 5.41) is 3.41. The molecule has 0 aliphatic carbocycles. The van der Waals surface area contributed by atoms with Gasteiger partial charge in [-0.2, -0.15) is 11.8 Å². The van der Waals surface area contributed by atoms with Gasteiger partial charge in [-0.25, -0.2) is 0 Å². The predicted molar refractivity (Wildman–Crippen MR) is 84.0 cm³/mol. The van der Waals surface area contributed by atoms with Crippen molar-refractivity contribution in [2.45, 2.75) is 37.9 Å². The predicted octanol–water partition coefficient (Wildman–Crippen LogP) is 2.22. The molecule has 0 bridgehead atoms. The third kappa shape index (κ3) is 4.62. The van der Waals surface area contributed by atoms with Crippen LogP contribution in [0.3, 0.4) is 0 Å².